The Labute approximate surface area is 158 Å². The molecule has 0 bridgehead atoms. The average Bonchev–Trinajstić information content (AvgIpc) is 3.23. The van der Waals surface area contributed by atoms with Crippen LogP contribution in [-0.4, -0.2) is 58.1 Å². The van der Waals surface area contributed by atoms with Gasteiger partial charge in [-0.15, -0.1) is 0 Å². The second-order valence-corrected chi connectivity index (χ2v) is 6.84. The van der Waals surface area contributed by atoms with Gasteiger partial charge in [0.2, 0.25) is 0 Å². The summed E-state index contributed by atoms with van der Waals surface area (Å²) in [5.41, 5.74) is 1.69. The fraction of sp³-hybridized carbons (Fsp3) is 0.400. The van der Waals surface area contributed by atoms with Crippen molar-refractivity contribution in [2.75, 3.05) is 26.8 Å². The second kappa shape index (κ2) is 7.44. The van der Waals surface area contributed by atoms with Crippen LogP contribution in [0.4, 0.5) is 0 Å². The highest BCUT2D eigenvalue weighted by molar-refractivity contribution is 5.99. The lowest BCUT2D eigenvalue weighted by Crippen LogP contribution is -2.39. The third kappa shape index (κ3) is 3.55. The van der Waals surface area contributed by atoms with Gasteiger partial charge in [-0.1, -0.05) is 0 Å². The molecule has 0 radical (unpaired) electrons. The van der Waals surface area contributed by atoms with Crippen molar-refractivity contribution >= 4 is 16.8 Å². The molecule has 7 heteroatoms. The molecule has 1 aliphatic heterocycles. The fourth-order valence-electron chi connectivity index (χ4n) is 3.63. The van der Waals surface area contributed by atoms with Gasteiger partial charge in [-0.3, -0.25) is 9.48 Å². The summed E-state index contributed by atoms with van der Waals surface area (Å²) in [6, 6.07) is 9.68. The Morgan fingerprint density at radius 2 is 2.26 bits per heavy atom. The van der Waals surface area contributed by atoms with Crippen LogP contribution in [0.2, 0.25) is 0 Å². The number of nitrogens with zero attached hydrogens (tertiary/aromatic N) is 4. The smallest absolute Gasteiger partial charge is 0.270 e. The standard InChI is InChI=1S/C20H24N4O3/c1-22-18-6-5-16(26-2)11-15(18)12-19(22)20(25)23-8-4-10-27-17(13-23)14-24-9-3-7-21-24/h3,5-7,9,11-12,17H,4,8,10,13-14H2,1-2H3. The number of methoxy groups -OCH3 is 1. The number of rotatable bonds is 4. The van der Waals surface area contributed by atoms with Crippen molar-refractivity contribution in [1.82, 2.24) is 19.2 Å². The van der Waals surface area contributed by atoms with Gasteiger partial charge in [0.25, 0.3) is 5.91 Å². The molecule has 0 spiro atoms. The van der Waals surface area contributed by atoms with Gasteiger partial charge in [0.05, 0.1) is 19.8 Å². The third-order valence-electron chi connectivity index (χ3n) is 5.06. The van der Waals surface area contributed by atoms with Crippen LogP contribution in [0.15, 0.2) is 42.7 Å². The molecule has 1 aromatic carbocycles. The Balaban J connectivity index is 1.57. The number of carbonyl (C=O) groups excluding carboxylic acids is 1. The minimum absolute atomic E-state index is 0.0311. The molecular formula is C20H24N4O3. The van der Waals surface area contributed by atoms with E-state index in [9.17, 15) is 4.79 Å². The highest BCUT2D eigenvalue weighted by atomic mass is 16.5. The molecule has 1 saturated heterocycles. The minimum atomic E-state index is -0.0638. The summed E-state index contributed by atoms with van der Waals surface area (Å²) in [5, 5.41) is 5.24. The lowest BCUT2D eigenvalue weighted by Gasteiger charge is -2.24. The monoisotopic (exact) mass is 368 g/mol. The maximum atomic E-state index is 13.2. The molecule has 142 valence electrons. The molecule has 0 saturated carbocycles. The molecule has 2 aromatic heterocycles. The quantitative estimate of drug-likeness (QED) is 0.709. The summed E-state index contributed by atoms with van der Waals surface area (Å²) in [6.45, 7) is 2.55. The summed E-state index contributed by atoms with van der Waals surface area (Å²) in [5.74, 6) is 0.818. The van der Waals surface area contributed by atoms with Crippen LogP contribution in [-0.2, 0) is 18.3 Å². The number of ether oxygens (including phenoxy) is 2. The van der Waals surface area contributed by atoms with Crippen LogP contribution < -0.4 is 4.74 Å². The number of aryl methyl sites for hydroxylation is 1. The molecule has 1 amide bonds. The van der Waals surface area contributed by atoms with Crippen molar-refractivity contribution < 1.29 is 14.3 Å². The molecule has 3 aromatic rings. The van der Waals surface area contributed by atoms with Crippen LogP contribution in [0.3, 0.4) is 0 Å². The Kier molecular flexibility index (Phi) is 4.85. The number of hydrogen-bond donors (Lipinski definition) is 0. The fourth-order valence-corrected chi connectivity index (χ4v) is 3.63. The lowest BCUT2D eigenvalue weighted by atomic mass is 10.2. The minimum Gasteiger partial charge on any atom is -0.497 e. The van der Waals surface area contributed by atoms with Gasteiger partial charge in [0.15, 0.2) is 0 Å². The molecule has 1 unspecified atom stereocenters. The number of hydrogen-bond acceptors (Lipinski definition) is 4. The van der Waals surface area contributed by atoms with Crippen molar-refractivity contribution in [3.63, 3.8) is 0 Å². The zero-order chi connectivity index (χ0) is 18.8. The van der Waals surface area contributed by atoms with E-state index in [2.05, 4.69) is 5.10 Å². The van der Waals surface area contributed by atoms with Crippen LogP contribution in [0, 0.1) is 0 Å². The maximum absolute atomic E-state index is 13.2. The van der Waals surface area contributed by atoms with Gasteiger partial charge in [0, 0.05) is 50.0 Å². The van der Waals surface area contributed by atoms with Gasteiger partial charge >= 0.3 is 0 Å². The second-order valence-electron chi connectivity index (χ2n) is 6.84. The number of aromatic nitrogens is 3. The van der Waals surface area contributed by atoms with Crippen molar-refractivity contribution in [1.29, 1.82) is 0 Å². The van der Waals surface area contributed by atoms with Gasteiger partial charge in [-0.2, -0.15) is 5.10 Å². The topological polar surface area (TPSA) is 61.5 Å². The zero-order valence-corrected chi connectivity index (χ0v) is 15.7. The molecule has 4 rings (SSSR count). The maximum Gasteiger partial charge on any atom is 0.270 e. The molecule has 27 heavy (non-hydrogen) atoms. The van der Waals surface area contributed by atoms with Crippen molar-refractivity contribution in [2.45, 2.75) is 19.1 Å². The Morgan fingerprint density at radius 3 is 3.04 bits per heavy atom. The van der Waals surface area contributed by atoms with E-state index in [1.165, 1.54) is 0 Å². The molecule has 1 atom stereocenters. The van der Waals surface area contributed by atoms with E-state index in [0.29, 0.717) is 31.9 Å². The van der Waals surface area contributed by atoms with Gasteiger partial charge in [-0.05, 0) is 36.8 Å². The molecule has 0 N–H and O–H groups in total. The number of amides is 1. The highest BCUT2D eigenvalue weighted by Gasteiger charge is 2.26. The van der Waals surface area contributed by atoms with E-state index in [4.69, 9.17) is 9.47 Å². The summed E-state index contributed by atoms with van der Waals surface area (Å²) < 4.78 is 15.0. The van der Waals surface area contributed by atoms with Gasteiger partial charge < -0.3 is 18.9 Å². The van der Waals surface area contributed by atoms with Crippen molar-refractivity contribution in [3.8, 4) is 5.75 Å². The van der Waals surface area contributed by atoms with Crippen LogP contribution in [0.25, 0.3) is 10.9 Å². The molecule has 7 nitrogen and oxygen atoms in total. The van der Waals surface area contributed by atoms with E-state index in [-0.39, 0.29) is 12.0 Å². The van der Waals surface area contributed by atoms with Crippen LogP contribution in [0.1, 0.15) is 16.9 Å². The lowest BCUT2D eigenvalue weighted by molar-refractivity contribution is 0.0364. The van der Waals surface area contributed by atoms with Crippen LogP contribution >= 0.6 is 0 Å². The summed E-state index contributed by atoms with van der Waals surface area (Å²) in [4.78, 5) is 15.1. The van der Waals surface area contributed by atoms with Crippen molar-refractivity contribution in [2.24, 2.45) is 7.05 Å². The molecule has 0 aliphatic carbocycles. The first-order valence-electron chi connectivity index (χ1n) is 9.17. The Morgan fingerprint density at radius 1 is 1.37 bits per heavy atom. The number of benzene rings is 1. The first-order valence-corrected chi connectivity index (χ1v) is 9.17. The summed E-state index contributed by atoms with van der Waals surface area (Å²) in [6.07, 6.45) is 4.44. The Hall–Kier alpha value is -2.80. The van der Waals surface area contributed by atoms with Crippen molar-refractivity contribution in [3.05, 3.63) is 48.4 Å². The van der Waals surface area contributed by atoms with E-state index in [0.717, 1.165) is 23.1 Å². The zero-order valence-electron chi connectivity index (χ0n) is 15.7. The molecular weight excluding hydrogens is 344 g/mol. The normalized spacial score (nSPS) is 17.9. The highest BCUT2D eigenvalue weighted by Crippen LogP contribution is 2.25. The first-order chi connectivity index (χ1) is 13.2. The predicted octanol–water partition coefficient (Wildman–Crippen LogP) is 2.31. The number of carbonyl (C=O) groups is 1. The molecule has 3 heterocycles. The van der Waals surface area contributed by atoms with E-state index in [1.807, 2.05) is 57.7 Å². The largest absolute Gasteiger partial charge is 0.497 e. The van der Waals surface area contributed by atoms with E-state index >= 15 is 0 Å². The van der Waals surface area contributed by atoms with E-state index < -0.39 is 0 Å². The SMILES string of the molecule is COc1ccc2c(c1)cc(C(=O)N1CCCOC(Cn3cccn3)C1)n2C. The summed E-state index contributed by atoms with van der Waals surface area (Å²) in [7, 11) is 3.57. The van der Waals surface area contributed by atoms with Crippen LogP contribution in [0.5, 0.6) is 5.75 Å². The predicted molar refractivity (Wildman–Crippen MR) is 102 cm³/mol. The number of fused-ring (bicyclic) bond motifs is 1. The van der Waals surface area contributed by atoms with E-state index in [1.54, 1.807) is 13.3 Å². The molecule has 1 aliphatic rings. The Bertz CT molecular complexity index is 932. The molecule has 1 fully saturated rings. The van der Waals surface area contributed by atoms with Gasteiger partial charge in [0.1, 0.15) is 11.4 Å². The summed E-state index contributed by atoms with van der Waals surface area (Å²) >= 11 is 0. The third-order valence-corrected chi connectivity index (χ3v) is 5.06. The first kappa shape index (κ1) is 17.6. The van der Waals surface area contributed by atoms with Gasteiger partial charge in [-0.25, -0.2) is 0 Å². The average molecular weight is 368 g/mol.